The Morgan fingerprint density at radius 3 is 2.58 bits per heavy atom. The highest BCUT2D eigenvalue weighted by atomic mass is 32.1. The Balaban J connectivity index is 1.68. The Labute approximate surface area is 157 Å². The predicted molar refractivity (Wildman–Crippen MR) is 104 cm³/mol. The average Bonchev–Trinajstić information content (AvgIpc) is 3.22. The van der Waals surface area contributed by atoms with E-state index in [0.717, 1.165) is 10.4 Å². The van der Waals surface area contributed by atoms with Crippen LogP contribution in [0.25, 0.3) is 0 Å². The summed E-state index contributed by atoms with van der Waals surface area (Å²) in [6, 6.07) is 19.1. The number of ether oxygens (including phenoxy) is 2. The molecule has 1 heterocycles. The fourth-order valence-corrected chi connectivity index (χ4v) is 3.29. The van der Waals surface area contributed by atoms with E-state index in [-0.39, 0.29) is 11.9 Å². The van der Waals surface area contributed by atoms with Crippen LogP contribution in [-0.4, -0.2) is 13.0 Å². The van der Waals surface area contributed by atoms with E-state index in [0.29, 0.717) is 23.7 Å². The van der Waals surface area contributed by atoms with Crippen molar-refractivity contribution in [1.82, 2.24) is 5.32 Å². The van der Waals surface area contributed by atoms with Crippen LogP contribution in [0.1, 0.15) is 33.8 Å². The van der Waals surface area contributed by atoms with Gasteiger partial charge in [-0.15, -0.1) is 11.3 Å². The van der Waals surface area contributed by atoms with Crippen molar-refractivity contribution in [3.05, 3.63) is 82.0 Å². The van der Waals surface area contributed by atoms with Crippen LogP contribution in [0.3, 0.4) is 0 Å². The zero-order valence-electron chi connectivity index (χ0n) is 14.8. The SMILES string of the molecule is COc1cc(C(=O)N[C@@H](C)c2cccs2)ccc1OCc1ccccc1. The number of hydrogen-bond acceptors (Lipinski definition) is 4. The topological polar surface area (TPSA) is 47.6 Å². The van der Waals surface area contributed by atoms with E-state index in [4.69, 9.17) is 9.47 Å². The van der Waals surface area contributed by atoms with Crippen LogP contribution in [0.2, 0.25) is 0 Å². The van der Waals surface area contributed by atoms with Crippen LogP contribution in [0.15, 0.2) is 66.0 Å². The second-order valence-electron chi connectivity index (χ2n) is 5.85. The Morgan fingerprint density at radius 2 is 1.88 bits per heavy atom. The fraction of sp³-hybridized carbons (Fsp3) is 0.190. The first-order chi connectivity index (χ1) is 12.7. The average molecular weight is 367 g/mol. The Bertz CT molecular complexity index is 847. The minimum atomic E-state index is -0.140. The third kappa shape index (κ3) is 4.43. The number of thiophene rings is 1. The molecule has 0 aliphatic rings. The first-order valence-electron chi connectivity index (χ1n) is 8.36. The zero-order valence-corrected chi connectivity index (χ0v) is 15.6. The molecule has 0 bridgehead atoms. The summed E-state index contributed by atoms with van der Waals surface area (Å²) in [6.07, 6.45) is 0. The summed E-state index contributed by atoms with van der Waals surface area (Å²) in [5.41, 5.74) is 1.61. The molecule has 1 amide bonds. The molecule has 1 N–H and O–H groups in total. The lowest BCUT2D eigenvalue weighted by Crippen LogP contribution is -2.26. The maximum atomic E-state index is 12.5. The molecule has 0 fully saturated rings. The Hall–Kier alpha value is -2.79. The molecule has 0 spiro atoms. The molecular formula is C21H21NO3S. The molecule has 0 radical (unpaired) electrons. The highest BCUT2D eigenvalue weighted by molar-refractivity contribution is 7.10. The van der Waals surface area contributed by atoms with Gasteiger partial charge in [-0.25, -0.2) is 0 Å². The number of hydrogen-bond donors (Lipinski definition) is 1. The minimum absolute atomic E-state index is 0.0393. The molecule has 0 aliphatic heterocycles. The fourth-order valence-electron chi connectivity index (χ4n) is 2.55. The highest BCUT2D eigenvalue weighted by Gasteiger charge is 2.15. The summed E-state index contributed by atoms with van der Waals surface area (Å²) >= 11 is 1.62. The summed E-state index contributed by atoms with van der Waals surface area (Å²) in [5.74, 6) is 1.01. The minimum Gasteiger partial charge on any atom is -0.493 e. The number of methoxy groups -OCH3 is 1. The van der Waals surface area contributed by atoms with Crippen molar-refractivity contribution in [1.29, 1.82) is 0 Å². The van der Waals surface area contributed by atoms with Crippen molar-refractivity contribution in [2.45, 2.75) is 19.6 Å². The van der Waals surface area contributed by atoms with Gasteiger partial charge in [0.25, 0.3) is 5.91 Å². The molecule has 1 atom stereocenters. The standard InChI is InChI=1S/C21H21NO3S/c1-15(20-9-6-12-26-20)22-21(23)17-10-11-18(19(13-17)24-2)25-14-16-7-4-3-5-8-16/h3-13,15H,14H2,1-2H3,(H,22,23)/t15-/m0/s1. The van der Waals surface area contributed by atoms with Gasteiger partial charge in [-0.05, 0) is 42.1 Å². The van der Waals surface area contributed by atoms with Gasteiger partial charge in [0.2, 0.25) is 0 Å². The lowest BCUT2D eigenvalue weighted by atomic mass is 10.1. The van der Waals surface area contributed by atoms with Crippen molar-refractivity contribution in [2.24, 2.45) is 0 Å². The number of nitrogens with one attached hydrogen (secondary N) is 1. The predicted octanol–water partition coefficient (Wildman–Crippen LogP) is 4.83. The number of amides is 1. The van der Waals surface area contributed by atoms with Gasteiger partial charge < -0.3 is 14.8 Å². The lowest BCUT2D eigenvalue weighted by molar-refractivity contribution is 0.0940. The summed E-state index contributed by atoms with van der Waals surface area (Å²) in [5, 5.41) is 5.00. The number of benzene rings is 2. The van der Waals surface area contributed by atoms with Gasteiger partial charge >= 0.3 is 0 Å². The van der Waals surface area contributed by atoms with E-state index in [1.165, 1.54) is 0 Å². The molecular weight excluding hydrogens is 346 g/mol. The van der Waals surface area contributed by atoms with E-state index in [1.807, 2.05) is 54.8 Å². The number of rotatable bonds is 7. The molecule has 134 valence electrons. The van der Waals surface area contributed by atoms with Gasteiger partial charge in [0.1, 0.15) is 6.61 Å². The lowest BCUT2D eigenvalue weighted by Gasteiger charge is -2.15. The van der Waals surface area contributed by atoms with Crippen LogP contribution in [0.5, 0.6) is 11.5 Å². The second-order valence-corrected chi connectivity index (χ2v) is 6.83. The summed E-state index contributed by atoms with van der Waals surface area (Å²) in [4.78, 5) is 13.6. The number of carbonyl (C=O) groups excluding carboxylic acids is 1. The normalized spacial score (nSPS) is 11.6. The monoisotopic (exact) mass is 367 g/mol. The van der Waals surface area contributed by atoms with E-state index < -0.39 is 0 Å². The molecule has 0 saturated carbocycles. The molecule has 26 heavy (non-hydrogen) atoms. The van der Waals surface area contributed by atoms with Gasteiger partial charge in [-0.2, -0.15) is 0 Å². The van der Waals surface area contributed by atoms with Gasteiger partial charge in [0, 0.05) is 10.4 Å². The third-order valence-corrected chi connectivity index (χ3v) is 5.04. The first-order valence-corrected chi connectivity index (χ1v) is 9.24. The maximum absolute atomic E-state index is 12.5. The summed E-state index contributed by atoms with van der Waals surface area (Å²) < 4.78 is 11.2. The molecule has 0 unspecified atom stereocenters. The Morgan fingerprint density at radius 1 is 1.08 bits per heavy atom. The van der Waals surface area contributed by atoms with E-state index in [1.54, 1.807) is 36.6 Å². The van der Waals surface area contributed by atoms with Crippen molar-refractivity contribution in [3.63, 3.8) is 0 Å². The zero-order chi connectivity index (χ0) is 18.4. The molecule has 3 rings (SSSR count). The van der Waals surface area contributed by atoms with Crippen molar-refractivity contribution in [2.75, 3.05) is 7.11 Å². The highest BCUT2D eigenvalue weighted by Crippen LogP contribution is 2.29. The smallest absolute Gasteiger partial charge is 0.251 e. The Kier molecular flexibility index (Phi) is 5.92. The van der Waals surface area contributed by atoms with Crippen molar-refractivity contribution < 1.29 is 14.3 Å². The van der Waals surface area contributed by atoms with Crippen molar-refractivity contribution in [3.8, 4) is 11.5 Å². The molecule has 4 nitrogen and oxygen atoms in total. The maximum Gasteiger partial charge on any atom is 0.251 e. The molecule has 5 heteroatoms. The van der Waals surface area contributed by atoms with Crippen LogP contribution in [0.4, 0.5) is 0 Å². The first kappa shape index (κ1) is 18.0. The molecule has 0 aliphatic carbocycles. The number of carbonyl (C=O) groups is 1. The quantitative estimate of drug-likeness (QED) is 0.651. The third-order valence-electron chi connectivity index (χ3n) is 3.98. The van der Waals surface area contributed by atoms with Crippen LogP contribution in [-0.2, 0) is 6.61 Å². The second kappa shape index (κ2) is 8.54. The van der Waals surface area contributed by atoms with E-state index >= 15 is 0 Å². The van der Waals surface area contributed by atoms with Gasteiger partial charge in [0.05, 0.1) is 13.2 Å². The summed E-state index contributed by atoms with van der Waals surface area (Å²) in [7, 11) is 1.57. The molecule has 2 aromatic carbocycles. The molecule has 0 saturated heterocycles. The summed E-state index contributed by atoms with van der Waals surface area (Å²) in [6.45, 7) is 2.41. The van der Waals surface area contributed by atoms with Crippen LogP contribution < -0.4 is 14.8 Å². The van der Waals surface area contributed by atoms with Crippen molar-refractivity contribution >= 4 is 17.2 Å². The van der Waals surface area contributed by atoms with E-state index in [2.05, 4.69) is 5.32 Å². The van der Waals surface area contributed by atoms with Gasteiger partial charge in [-0.3, -0.25) is 4.79 Å². The van der Waals surface area contributed by atoms with Gasteiger partial charge in [0.15, 0.2) is 11.5 Å². The largest absolute Gasteiger partial charge is 0.493 e. The van der Waals surface area contributed by atoms with Crippen LogP contribution in [0, 0.1) is 0 Å². The molecule has 1 aromatic heterocycles. The van der Waals surface area contributed by atoms with E-state index in [9.17, 15) is 4.79 Å². The van der Waals surface area contributed by atoms with Crippen LogP contribution >= 0.6 is 11.3 Å². The van der Waals surface area contributed by atoms with Gasteiger partial charge in [-0.1, -0.05) is 36.4 Å². The molecule has 3 aromatic rings.